The van der Waals surface area contributed by atoms with Gasteiger partial charge in [0.15, 0.2) is 0 Å². The van der Waals surface area contributed by atoms with Crippen LogP contribution in [-0.2, 0) is 6.42 Å². The summed E-state index contributed by atoms with van der Waals surface area (Å²) >= 11 is 3.45. The van der Waals surface area contributed by atoms with Crippen LogP contribution in [0.5, 0.6) is 0 Å². The summed E-state index contributed by atoms with van der Waals surface area (Å²) in [6.45, 7) is 0.813. The summed E-state index contributed by atoms with van der Waals surface area (Å²) in [5.74, 6) is 0.0668. The normalized spacial score (nSPS) is 10.3. The van der Waals surface area contributed by atoms with Crippen molar-refractivity contribution >= 4 is 27.5 Å². The third kappa shape index (κ3) is 3.36. The number of hydrogen-bond donors (Lipinski definition) is 2. The second-order valence-corrected chi connectivity index (χ2v) is 5.39. The molecule has 0 bridgehead atoms. The van der Waals surface area contributed by atoms with Gasteiger partial charge >= 0.3 is 0 Å². The number of likely N-dealkylation sites (N-methyl/N-ethyl adjacent to an activating group) is 1. The van der Waals surface area contributed by atoms with E-state index in [1.54, 1.807) is 6.20 Å². The Bertz CT molecular complexity index is 598. The van der Waals surface area contributed by atoms with E-state index in [1.165, 1.54) is 0 Å². The van der Waals surface area contributed by atoms with Crippen LogP contribution in [0, 0.1) is 5.41 Å². The fraction of sp³-hybridized carbons (Fsp3) is 0.200. The number of hydrogen-bond acceptors (Lipinski definition) is 3. The zero-order valence-electron chi connectivity index (χ0n) is 11.3. The maximum absolute atomic E-state index is 7.72. The van der Waals surface area contributed by atoms with Gasteiger partial charge < -0.3 is 10.6 Å². The molecule has 4 nitrogen and oxygen atoms in total. The van der Waals surface area contributed by atoms with Gasteiger partial charge in [-0.2, -0.15) is 0 Å². The Hall–Kier alpha value is -1.88. The Labute approximate surface area is 127 Å². The SMILES string of the molecule is CN(CCc1ccccn1)c1cccc(Br)c1C(=N)N. The number of nitrogens with two attached hydrogens (primary N) is 1. The standard InChI is InChI=1S/C15H17BrN4/c1-20(10-8-11-5-2-3-9-19-11)13-7-4-6-12(16)14(13)15(17)18/h2-7,9H,8,10H2,1H3,(H3,17,18). The molecule has 0 aliphatic carbocycles. The largest absolute Gasteiger partial charge is 0.384 e. The van der Waals surface area contributed by atoms with Gasteiger partial charge in [0.2, 0.25) is 0 Å². The van der Waals surface area contributed by atoms with Crippen LogP contribution in [0.1, 0.15) is 11.3 Å². The van der Waals surface area contributed by atoms with Crippen molar-refractivity contribution in [3.63, 3.8) is 0 Å². The Morgan fingerprint density at radius 3 is 2.75 bits per heavy atom. The lowest BCUT2D eigenvalue weighted by atomic mass is 10.1. The number of anilines is 1. The topological polar surface area (TPSA) is 66.0 Å². The molecule has 104 valence electrons. The van der Waals surface area contributed by atoms with Crippen molar-refractivity contribution in [2.45, 2.75) is 6.42 Å². The minimum atomic E-state index is 0.0668. The third-order valence-electron chi connectivity index (χ3n) is 3.10. The number of pyridine rings is 1. The maximum Gasteiger partial charge on any atom is 0.126 e. The molecule has 0 amide bonds. The number of halogens is 1. The first kappa shape index (κ1) is 14.5. The van der Waals surface area contributed by atoms with Crippen molar-refractivity contribution < 1.29 is 0 Å². The number of nitrogens with zero attached hydrogens (tertiary/aromatic N) is 2. The minimum absolute atomic E-state index is 0.0668. The first-order chi connectivity index (χ1) is 9.59. The summed E-state index contributed by atoms with van der Waals surface area (Å²) < 4.78 is 0.840. The van der Waals surface area contributed by atoms with Crippen molar-refractivity contribution in [3.8, 4) is 0 Å². The van der Waals surface area contributed by atoms with Gasteiger partial charge in [-0.3, -0.25) is 10.4 Å². The highest BCUT2D eigenvalue weighted by Crippen LogP contribution is 2.26. The lowest BCUT2D eigenvalue weighted by molar-refractivity contribution is 0.851. The maximum atomic E-state index is 7.72. The number of nitrogen functional groups attached to an aromatic ring is 1. The monoisotopic (exact) mass is 332 g/mol. The molecule has 1 aromatic heterocycles. The van der Waals surface area contributed by atoms with Gasteiger partial charge in [-0.25, -0.2) is 0 Å². The molecule has 2 aromatic rings. The summed E-state index contributed by atoms with van der Waals surface area (Å²) in [6, 6.07) is 11.7. The second-order valence-electron chi connectivity index (χ2n) is 4.54. The van der Waals surface area contributed by atoms with E-state index >= 15 is 0 Å². The molecule has 2 rings (SSSR count). The number of aromatic nitrogens is 1. The van der Waals surface area contributed by atoms with Crippen LogP contribution < -0.4 is 10.6 Å². The predicted octanol–water partition coefficient (Wildman–Crippen LogP) is 2.81. The molecular formula is C15H17BrN4. The van der Waals surface area contributed by atoms with Gasteiger partial charge in [0.1, 0.15) is 5.84 Å². The van der Waals surface area contributed by atoms with Crippen molar-refractivity contribution in [1.82, 2.24) is 4.98 Å². The molecule has 20 heavy (non-hydrogen) atoms. The van der Waals surface area contributed by atoms with Crippen molar-refractivity contribution in [2.75, 3.05) is 18.5 Å². The van der Waals surface area contributed by atoms with Crippen LogP contribution in [0.2, 0.25) is 0 Å². The molecule has 5 heteroatoms. The minimum Gasteiger partial charge on any atom is -0.384 e. The van der Waals surface area contributed by atoms with Crippen LogP contribution in [0.15, 0.2) is 47.1 Å². The number of amidine groups is 1. The first-order valence-electron chi connectivity index (χ1n) is 6.33. The molecule has 0 aliphatic rings. The fourth-order valence-electron chi connectivity index (χ4n) is 2.05. The second kappa shape index (κ2) is 6.52. The molecule has 0 saturated heterocycles. The van der Waals surface area contributed by atoms with E-state index < -0.39 is 0 Å². The highest BCUT2D eigenvalue weighted by atomic mass is 79.9. The average Bonchev–Trinajstić information content (AvgIpc) is 2.45. The van der Waals surface area contributed by atoms with E-state index in [0.717, 1.165) is 34.4 Å². The molecule has 0 spiro atoms. The van der Waals surface area contributed by atoms with E-state index in [0.29, 0.717) is 0 Å². The number of benzene rings is 1. The average molecular weight is 333 g/mol. The molecule has 0 unspecified atom stereocenters. The van der Waals surface area contributed by atoms with E-state index in [4.69, 9.17) is 11.1 Å². The summed E-state index contributed by atoms with van der Waals surface area (Å²) in [7, 11) is 2.00. The highest BCUT2D eigenvalue weighted by molar-refractivity contribution is 9.10. The fourth-order valence-corrected chi connectivity index (χ4v) is 2.62. The van der Waals surface area contributed by atoms with Crippen molar-refractivity contribution in [1.29, 1.82) is 5.41 Å². The molecule has 0 fully saturated rings. The summed E-state index contributed by atoms with van der Waals surface area (Å²) in [6.07, 6.45) is 2.65. The molecule has 0 atom stereocenters. The van der Waals surface area contributed by atoms with E-state index in [-0.39, 0.29) is 5.84 Å². The summed E-state index contributed by atoms with van der Waals surface area (Å²) in [5, 5.41) is 7.72. The molecule has 1 heterocycles. The summed E-state index contributed by atoms with van der Waals surface area (Å²) in [5.41, 5.74) is 8.41. The van der Waals surface area contributed by atoms with Gasteiger partial charge in [-0.05, 0) is 40.2 Å². The van der Waals surface area contributed by atoms with Gasteiger partial charge in [-0.1, -0.05) is 12.1 Å². The van der Waals surface area contributed by atoms with Crippen LogP contribution in [0.25, 0.3) is 0 Å². The van der Waals surface area contributed by atoms with Crippen LogP contribution in [0.3, 0.4) is 0 Å². The molecule has 0 saturated carbocycles. The zero-order valence-corrected chi connectivity index (χ0v) is 12.9. The highest BCUT2D eigenvalue weighted by Gasteiger charge is 2.13. The molecule has 3 N–H and O–H groups in total. The smallest absolute Gasteiger partial charge is 0.126 e. The third-order valence-corrected chi connectivity index (χ3v) is 3.76. The Kier molecular flexibility index (Phi) is 4.74. The lowest BCUT2D eigenvalue weighted by Crippen LogP contribution is -2.25. The Balaban J connectivity index is 2.15. The summed E-state index contributed by atoms with van der Waals surface area (Å²) in [4.78, 5) is 6.41. The Morgan fingerprint density at radius 1 is 1.30 bits per heavy atom. The predicted molar refractivity (Wildman–Crippen MR) is 86.4 cm³/mol. The molecule has 1 aromatic carbocycles. The van der Waals surface area contributed by atoms with Gasteiger partial charge in [0, 0.05) is 42.1 Å². The van der Waals surface area contributed by atoms with E-state index in [2.05, 4.69) is 25.8 Å². The van der Waals surface area contributed by atoms with E-state index in [9.17, 15) is 0 Å². The number of rotatable bonds is 5. The molecule has 0 aliphatic heterocycles. The van der Waals surface area contributed by atoms with Gasteiger partial charge in [-0.15, -0.1) is 0 Å². The lowest BCUT2D eigenvalue weighted by Gasteiger charge is -2.22. The molecular weight excluding hydrogens is 316 g/mol. The van der Waals surface area contributed by atoms with Crippen molar-refractivity contribution in [3.05, 3.63) is 58.3 Å². The Morgan fingerprint density at radius 2 is 2.10 bits per heavy atom. The van der Waals surface area contributed by atoms with Gasteiger partial charge in [0.05, 0.1) is 5.56 Å². The van der Waals surface area contributed by atoms with Crippen molar-refractivity contribution in [2.24, 2.45) is 5.73 Å². The van der Waals surface area contributed by atoms with E-state index in [1.807, 2.05) is 43.4 Å². The zero-order chi connectivity index (χ0) is 14.5. The molecule has 0 radical (unpaired) electrons. The first-order valence-corrected chi connectivity index (χ1v) is 7.13. The van der Waals surface area contributed by atoms with Gasteiger partial charge in [0.25, 0.3) is 0 Å². The van der Waals surface area contributed by atoms with Crippen LogP contribution in [-0.4, -0.2) is 24.4 Å². The number of nitrogens with one attached hydrogen (secondary N) is 1. The van der Waals surface area contributed by atoms with Crippen LogP contribution in [0.4, 0.5) is 5.69 Å². The quantitative estimate of drug-likeness (QED) is 0.653. The van der Waals surface area contributed by atoms with Crippen LogP contribution >= 0.6 is 15.9 Å².